The highest BCUT2D eigenvalue weighted by Gasteiger charge is 2.09. The van der Waals surface area contributed by atoms with E-state index in [0.717, 1.165) is 0 Å². The molecule has 0 unspecified atom stereocenters. The van der Waals surface area contributed by atoms with Crippen molar-refractivity contribution in [1.29, 1.82) is 0 Å². The zero-order chi connectivity index (χ0) is 15.7. The standard InChI is InChI=1S/C13H16ClN3O4/c1-21-13(20)17-8-11(18)15-6-7-16-12(19)9-4-2-3-5-10(9)14/h2-5H,6-8H2,1H3,(H,15,18)(H,16,19)(H,17,20). The molecule has 0 aromatic heterocycles. The van der Waals surface area contributed by atoms with E-state index in [1.165, 1.54) is 7.11 Å². The average molecular weight is 314 g/mol. The van der Waals surface area contributed by atoms with Gasteiger partial charge in [-0.25, -0.2) is 4.79 Å². The van der Waals surface area contributed by atoms with Crippen LogP contribution in [0, 0.1) is 0 Å². The summed E-state index contributed by atoms with van der Waals surface area (Å²) in [5.74, 6) is -0.699. The van der Waals surface area contributed by atoms with Crippen LogP contribution in [0.15, 0.2) is 24.3 Å². The van der Waals surface area contributed by atoms with E-state index >= 15 is 0 Å². The van der Waals surface area contributed by atoms with E-state index in [4.69, 9.17) is 11.6 Å². The van der Waals surface area contributed by atoms with Crippen molar-refractivity contribution in [3.8, 4) is 0 Å². The molecule has 7 nitrogen and oxygen atoms in total. The number of benzene rings is 1. The molecule has 0 fully saturated rings. The molecule has 0 saturated carbocycles. The van der Waals surface area contributed by atoms with Gasteiger partial charge in [0.2, 0.25) is 5.91 Å². The molecular weight excluding hydrogens is 298 g/mol. The first kappa shape index (κ1) is 16.8. The molecule has 3 amide bonds. The zero-order valence-electron chi connectivity index (χ0n) is 11.4. The molecule has 0 aliphatic carbocycles. The van der Waals surface area contributed by atoms with Gasteiger partial charge in [0.15, 0.2) is 0 Å². The highest BCUT2D eigenvalue weighted by Crippen LogP contribution is 2.14. The van der Waals surface area contributed by atoms with Crippen molar-refractivity contribution in [1.82, 2.24) is 16.0 Å². The van der Waals surface area contributed by atoms with Gasteiger partial charge in [0, 0.05) is 13.1 Å². The Morgan fingerprint density at radius 3 is 2.43 bits per heavy atom. The minimum atomic E-state index is -0.683. The molecule has 0 atom stereocenters. The van der Waals surface area contributed by atoms with E-state index in [2.05, 4.69) is 20.7 Å². The van der Waals surface area contributed by atoms with Crippen molar-refractivity contribution in [3.63, 3.8) is 0 Å². The monoisotopic (exact) mass is 313 g/mol. The Hall–Kier alpha value is -2.28. The van der Waals surface area contributed by atoms with Crippen molar-refractivity contribution >= 4 is 29.5 Å². The molecule has 1 aromatic rings. The number of halogens is 1. The molecule has 0 saturated heterocycles. The summed E-state index contributed by atoms with van der Waals surface area (Å²) in [5.41, 5.74) is 0.373. The second kappa shape index (κ2) is 8.80. The second-order valence-electron chi connectivity index (χ2n) is 3.93. The Bertz CT molecular complexity index is 522. The van der Waals surface area contributed by atoms with Gasteiger partial charge in [0.05, 0.1) is 24.2 Å². The highest BCUT2D eigenvalue weighted by atomic mass is 35.5. The minimum Gasteiger partial charge on any atom is -0.453 e. The molecule has 21 heavy (non-hydrogen) atoms. The van der Waals surface area contributed by atoms with Crippen LogP contribution in [0.25, 0.3) is 0 Å². The third kappa shape index (κ3) is 6.13. The molecular formula is C13H16ClN3O4. The van der Waals surface area contributed by atoms with Gasteiger partial charge in [-0.3, -0.25) is 9.59 Å². The van der Waals surface area contributed by atoms with Crippen molar-refractivity contribution in [2.45, 2.75) is 0 Å². The number of alkyl carbamates (subject to hydrolysis) is 1. The number of carbonyl (C=O) groups is 3. The second-order valence-corrected chi connectivity index (χ2v) is 4.34. The lowest BCUT2D eigenvalue weighted by atomic mass is 10.2. The normalized spacial score (nSPS) is 9.62. The van der Waals surface area contributed by atoms with Crippen LogP contribution in [-0.2, 0) is 9.53 Å². The van der Waals surface area contributed by atoms with E-state index in [1.807, 2.05) is 0 Å². The summed E-state index contributed by atoms with van der Waals surface area (Å²) < 4.78 is 4.32. The molecule has 1 aromatic carbocycles. The topological polar surface area (TPSA) is 96.5 Å². The number of methoxy groups -OCH3 is 1. The zero-order valence-corrected chi connectivity index (χ0v) is 12.2. The quantitative estimate of drug-likeness (QED) is 0.668. The maximum absolute atomic E-state index is 11.8. The van der Waals surface area contributed by atoms with Crippen LogP contribution in [0.2, 0.25) is 5.02 Å². The summed E-state index contributed by atoms with van der Waals surface area (Å²) >= 11 is 5.88. The summed E-state index contributed by atoms with van der Waals surface area (Å²) in [5, 5.41) is 7.75. The van der Waals surface area contributed by atoms with Crippen LogP contribution in [0.5, 0.6) is 0 Å². The van der Waals surface area contributed by atoms with E-state index in [9.17, 15) is 14.4 Å². The Labute approximate surface area is 127 Å². The van der Waals surface area contributed by atoms with Gasteiger partial charge in [-0.15, -0.1) is 0 Å². The van der Waals surface area contributed by atoms with E-state index in [1.54, 1.807) is 24.3 Å². The highest BCUT2D eigenvalue weighted by molar-refractivity contribution is 6.33. The lowest BCUT2D eigenvalue weighted by Gasteiger charge is -2.08. The maximum Gasteiger partial charge on any atom is 0.407 e. The molecule has 3 N–H and O–H groups in total. The fraction of sp³-hybridized carbons (Fsp3) is 0.308. The van der Waals surface area contributed by atoms with Gasteiger partial charge >= 0.3 is 6.09 Å². The van der Waals surface area contributed by atoms with Gasteiger partial charge in [-0.05, 0) is 12.1 Å². The van der Waals surface area contributed by atoms with Crippen LogP contribution >= 0.6 is 11.6 Å². The third-order valence-corrected chi connectivity index (χ3v) is 2.76. The maximum atomic E-state index is 11.8. The van der Waals surface area contributed by atoms with Crippen LogP contribution in [0.3, 0.4) is 0 Å². The summed E-state index contributed by atoms with van der Waals surface area (Å²) in [6.45, 7) is 0.289. The SMILES string of the molecule is COC(=O)NCC(=O)NCCNC(=O)c1ccccc1Cl. The molecule has 0 radical (unpaired) electrons. The molecule has 8 heteroatoms. The lowest BCUT2D eigenvalue weighted by Crippen LogP contribution is -2.40. The number of hydrogen-bond donors (Lipinski definition) is 3. The summed E-state index contributed by atoms with van der Waals surface area (Å²) in [4.78, 5) is 33.8. The molecule has 0 spiro atoms. The number of amides is 3. The van der Waals surface area contributed by atoms with Crippen LogP contribution in [0.1, 0.15) is 10.4 Å². The first-order valence-electron chi connectivity index (χ1n) is 6.16. The summed E-state index contributed by atoms with van der Waals surface area (Å²) in [7, 11) is 1.21. The van der Waals surface area contributed by atoms with Crippen molar-refractivity contribution in [2.75, 3.05) is 26.7 Å². The van der Waals surface area contributed by atoms with Gasteiger partial charge in [-0.2, -0.15) is 0 Å². The van der Waals surface area contributed by atoms with Crippen molar-refractivity contribution in [2.24, 2.45) is 0 Å². The lowest BCUT2D eigenvalue weighted by molar-refractivity contribution is -0.120. The van der Waals surface area contributed by atoms with E-state index < -0.39 is 6.09 Å². The van der Waals surface area contributed by atoms with Crippen molar-refractivity contribution in [3.05, 3.63) is 34.9 Å². The van der Waals surface area contributed by atoms with Gasteiger partial charge in [0.1, 0.15) is 0 Å². The Kier molecular flexibility index (Phi) is 7.03. The van der Waals surface area contributed by atoms with Gasteiger partial charge in [-0.1, -0.05) is 23.7 Å². The summed E-state index contributed by atoms with van der Waals surface area (Å²) in [6, 6.07) is 6.67. The number of hydrogen-bond acceptors (Lipinski definition) is 4. The number of rotatable bonds is 6. The fourth-order valence-electron chi connectivity index (χ4n) is 1.41. The van der Waals surface area contributed by atoms with E-state index in [-0.39, 0.29) is 31.4 Å². The Morgan fingerprint density at radius 2 is 1.76 bits per heavy atom. The minimum absolute atomic E-state index is 0.189. The predicted molar refractivity (Wildman–Crippen MR) is 77.2 cm³/mol. The smallest absolute Gasteiger partial charge is 0.407 e. The number of carbonyl (C=O) groups excluding carboxylic acids is 3. The van der Waals surface area contributed by atoms with E-state index in [0.29, 0.717) is 10.6 Å². The predicted octanol–water partition coefficient (Wildman–Crippen LogP) is 0.542. The first-order chi connectivity index (χ1) is 10.0. The number of nitrogens with one attached hydrogen (secondary N) is 3. The molecule has 0 aliphatic rings. The molecule has 0 aliphatic heterocycles. The molecule has 1 rings (SSSR count). The van der Waals surface area contributed by atoms with Gasteiger partial charge < -0.3 is 20.7 Å². The summed E-state index contributed by atoms with van der Waals surface area (Å²) in [6.07, 6.45) is -0.683. The molecule has 0 heterocycles. The molecule has 114 valence electrons. The number of ether oxygens (including phenoxy) is 1. The Morgan fingerprint density at radius 1 is 1.10 bits per heavy atom. The molecule has 0 bridgehead atoms. The van der Waals surface area contributed by atoms with Crippen LogP contribution in [-0.4, -0.2) is 44.7 Å². The fourth-order valence-corrected chi connectivity index (χ4v) is 1.63. The first-order valence-corrected chi connectivity index (χ1v) is 6.53. The van der Waals surface area contributed by atoms with Gasteiger partial charge in [0.25, 0.3) is 5.91 Å². The van der Waals surface area contributed by atoms with Crippen LogP contribution in [0.4, 0.5) is 4.79 Å². The Balaban J connectivity index is 2.22. The van der Waals surface area contributed by atoms with Crippen molar-refractivity contribution < 1.29 is 19.1 Å². The van der Waals surface area contributed by atoms with Crippen LogP contribution < -0.4 is 16.0 Å². The third-order valence-electron chi connectivity index (χ3n) is 2.43. The largest absolute Gasteiger partial charge is 0.453 e. The average Bonchev–Trinajstić information content (AvgIpc) is 2.49.